The van der Waals surface area contributed by atoms with Gasteiger partial charge >= 0.3 is 17.9 Å². The standard InChI is InChI=1S/C72H132O6/c1-4-7-10-13-16-19-22-25-27-29-31-32-33-34-35-36-37-38-39-40-41-43-44-47-50-53-56-59-62-65-71(74)77-68-69(67-76-70(73)64-61-58-55-52-49-46-24-21-18-15-12-9-6-3)78-72(75)66-63-60-57-54-51-48-45-42-30-28-26-23-20-17-14-11-8-5-2/h12,15,21-22,24-25,29,31,69H,4-11,13-14,16-20,23,26-28,30,32-68H2,1-3H3/b15-12-,24-21-,25-22-,31-29-. The van der Waals surface area contributed by atoms with Crippen LogP contribution in [0.15, 0.2) is 48.6 Å². The Labute approximate surface area is 486 Å². The van der Waals surface area contributed by atoms with Crippen LogP contribution in [0.3, 0.4) is 0 Å². The summed E-state index contributed by atoms with van der Waals surface area (Å²) in [6, 6.07) is 0. The van der Waals surface area contributed by atoms with Crippen LogP contribution in [-0.4, -0.2) is 37.2 Å². The SMILES string of the molecule is CCC/C=C\C/C=C\CCCCCCCC(=O)OCC(COC(=O)CCCCCCCCCCCCCCCCCCC/C=C\C/C=C\CCCCCCC)OC(=O)CCCCCCCCCCCCCCCCCCCC. The minimum Gasteiger partial charge on any atom is -0.462 e. The van der Waals surface area contributed by atoms with Gasteiger partial charge in [0.05, 0.1) is 0 Å². The monoisotopic (exact) mass is 1090 g/mol. The average Bonchev–Trinajstić information content (AvgIpc) is 3.44. The Morgan fingerprint density at radius 1 is 0.256 bits per heavy atom. The zero-order chi connectivity index (χ0) is 56.4. The van der Waals surface area contributed by atoms with Crippen molar-refractivity contribution in [3.63, 3.8) is 0 Å². The fourth-order valence-electron chi connectivity index (χ4n) is 10.3. The van der Waals surface area contributed by atoms with E-state index in [0.29, 0.717) is 19.3 Å². The molecule has 0 aliphatic heterocycles. The third-order valence-corrected chi connectivity index (χ3v) is 15.5. The molecule has 0 N–H and O–H groups in total. The van der Waals surface area contributed by atoms with Gasteiger partial charge in [-0.2, -0.15) is 0 Å². The Balaban J connectivity index is 4.19. The molecule has 0 fully saturated rings. The highest BCUT2D eigenvalue weighted by molar-refractivity contribution is 5.71. The number of rotatable bonds is 64. The molecule has 0 amide bonds. The molecule has 0 spiro atoms. The second kappa shape index (κ2) is 66.9. The number of unbranched alkanes of at least 4 members (excludes halogenated alkanes) is 45. The van der Waals surface area contributed by atoms with Crippen molar-refractivity contribution in [1.29, 1.82) is 0 Å². The normalized spacial score (nSPS) is 12.3. The maximum Gasteiger partial charge on any atom is 0.306 e. The fraction of sp³-hybridized carbons (Fsp3) is 0.847. The third-order valence-electron chi connectivity index (χ3n) is 15.5. The molecule has 0 aromatic rings. The molecular formula is C72H132O6. The van der Waals surface area contributed by atoms with Gasteiger partial charge in [-0.1, -0.05) is 326 Å². The van der Waals surface area contributed by atoms with E-state index in [0.717, 1.165) is 89.9 Å². The summed E-state index contributed by atoms with van der Waals surface area (Å²) in [5, 5.41) is 0. The van der Waals surface area contributed by atoms with Crippen molar-refractivity contribution in [2.45, 2.75) is 380 Å². The third kappa shape index (κ3) is 64.2. The molecule has 6 nitrogen and oxygen atoms in total. The van der Waals surface area contributed by atoms with E-state index in [1.807, 2.05) is 0 Å². The maximum atomic E-state index is 12.9. The Morgan fingerprint density at radius 2 is 0.487 bits per heavy atom. The highest BCUT2D eigenvalue weighted by Gasteiger charge is 2.19. The molecule has 0 aromatic carbocycles. The number of carbonyl (C=O) groups is 3. The van der Waals surface area contributed by atoms with E-state index in [-0.39, 0.29) is 31.1 Å². The van der Waals surface area contributed by atoms with E-state index >= 15 is 0 Å². The van der Waals surface area contributed by atoms with Gasteiger partial charge < -0.3 is 14.2 Å². The van der Waals surface area contributed by atoms with Crippen LogP contribution in [0.5, 0.6) is 0 Å². The Kier molecular flexibility index (Phi) is 64.6. The minimum atomic E-state index is -0.776. The molecule has 0 aliphatic carbocycles. The van der Waals surface area contributed by atoms with E-state index in [2.05, 4.69) is 69.4 Å². The molecule has 0 bridgehead atoms. The average molecular weight is 1090 g/mol. The molecule has 1 atom stereocenters. The fourth-order valence-corrected chi connectivity index (χ4v) is 10.3. The lowest BCUT2D eigenvalue weighted by Gasteiger charge is -2.18. The first-order chi connectivity index (χ1) is 38.5. The first-order valence-electron chi connectivity index (χ1n) is 34.6. The van der Waals surface area contributed by atoms with Crippen molar-refractivity contribution in [3.8, 4) is 0 Å². The van der Waals surface area contributed by atoms with Crippen molar-refractivity contribution in [2.24, 2.45) is 0 Å². The highest BCUT2D eigenvalue weighted by Crippen LogP contribution is 2.18. The summed E-state index contributed by atoms with van der Waals surface area (Å²) in [6.07, 6.45) is 84.3. The van der Waals surface area contributed by atoms with Crippen molar-refractivity contribution >= 4 is 17.9 Å². The van der Waals surface area contributed by atoms with Gasteiger partial charge in [-0.05, 0) is 77.0 Å². The summed E-state index contributed by atoms with van der Waals surface area (Å²) in [7, 11) is 0. The second-order valence-corrected chi connectivity index (χ2v) is 23.4. The summed E-state index contributed by atoms with van der Waals surface area (Å²) in [5.41, 5.74) is 0. The van der Waals surface area contributed by atoms with Gasteiger partial charge in [-0.15, -0.1) is 0 Å². The van der Waals surface area contributed by atoms with Gasteiger partial charge in [-0.3, -0.25) is 14.4 Å². The predicted molar refractivity (Wildman–Crippen MR) is 339 cm³/mol. The maximum absolute atomic E-state index is 12.9. The molecule has 0 saturated heterocycles. The predicted octanol–water partition coefficient (Wildman–Crippen LogP) is 23.7. The van der Waals surface area contributed by atoms with Crippen LogP contribution in [0.1, 0.15) is 374 Å². The van der Waals surface area contributed by atoms with Crippen LogP contribution in [0.25, 0.3) is 0 Å². The van der Waals surface area contributed by atoms with E-state index in [1.54, 1.807) is 0 Å². The van der Waals surface area contributed by atoms with Crippen LogP contribution in [0.2, 0.25) is 0 Å². The van der Waals surface area contributed by atoms with E-state index in [1.165, 1.54) is 244 Å². The van der Waals surface area contributed by atoms with Gasteiger partial charge in [0.1, 0.15) is 13.2 Å². The van der Waals surface area contributed by atoms with Crippen molar-refractivity contribution in [2.75, 3.05) is 13.2 Å². The van der Waals surface area contributed by atoms with Crippen LogP contribution in [-0.2, 0) is 28.6 Å². The molecule has 456 valence electrons. The Morgan fingerprint density at radius 3 is 0.756 bits per heavy atom. The van der Waals surface area contributed by atoms with Crippen LogP contribution in [0, 0.1) is 0 Å². The second-order valence-electron chi connectivity index (χ2n) is 23.4. The Bertz CT molecular complexity index is 1350. The van der Waals surface area contributed by atoms with Crippen molar-refractivity contribution < 1.29 is 28.6 Å². The number of hydrogen-bond donors (Lipinski definition) is 0. The van der Waals surface area contributed by atoms with Gasteiger partial charge in [0, 0.05) is 19.3 Å². The first kappa shape index (κ1) is 75.4. The molecule has 78 heavy (non-hydrogen) atoms. The molecule has 0 rings (SSSR count). The number of ether oxygens (including phenoxy) is 3. The molecule has 6 heteroatoms. The summed E-state index contributed by atoms with van der Waals surface area (Å²) >= 11 is 0. The topological polar surface area (TPSA) is 78.9 Å². The van der Waals surface area contributed by atoms with Crippen molar-refractivity contribution in [1.82, 2.24) is 0 Å². The molecular weight excluding hydrogens is 961 g/mol. The number of allylic oxidation sites excluding steroid dienone is 8. The quantitative estimate of drug-likeness (QED) is 0.0261. The lowest BCUT2D eigenvalue weighted by molar-refractivity contribution is -0.167. The summed E-state index contributed by atoms with van der Waals surface area (Å²) < 4.78 is 17.0. The minimum absolute atomic E-state index is 0.0727. The zero-order valence-corrected chi connectivity index (χ0v) is 52.5. The smallest absolute Gasteiger partial charge is 0.306 e. The summed E-state index contributed by atoms with van der Waals surface area (Å²) in [5.74, 6) is -0.862. The highest BCUT2D eigenvalue weighted by atomic mass is 16.6. The number of esters is 3. The van der Waals surface area contributed by atoms with Gasteiger partial charge in [0.15, 0.2) is 6.10 Å². The number of carbonyl (C=O) groups excluding carboxylic acids is 3. The van der Waals surface area contributed by atoms with E-state index in [9.17, 15) is 14.4 Å². The van der Waals surface area contributed by atoms with Gasteiger partial charge in [0.25, 0.3) is 0 Å². The molecule has 0 aromatic heterocycles. The lowest BCUT2D eigenvalue weighted by atomic mass is 10.0. The Hall–Kier alpha value is -2.63. The molecule has 0 saturated carbocycles. The number of hydrogen-bond acceptors (Lipinski definition) is 6. The van der Waals surface area contributed by atoms with Gasteiger partial charge in [0.2, 0.25) is 0 Å². The van der Waals surface area contributed by atoms with Crippen LogP contribution < -0.4 is 0 Å². The van der Waals surface area contributed by atoms with E-state index in [4.69, 9.17) is 14.2 Å². The first-order valence-corrected chi connectivity index (χ1v) is 34.6. The summed E-state index contributed by atoms with van der Waals surface area (Å²) in [4.78, 5) is 38.4. The van der Waals surface area contributed by atoms with Gasteiger partial charge in [-0.25, -0.2) is 0 Å². The zero-order valence-electron chi connectivity index (χ0n) is 52.5. The summed E-state index contributed by atoms with van der Waals surface area (Å²) in [6.45, 7) is 6.62. The lowest BCUT2D eigenvalue weighted by Crippen LogP contribution is -2.30. The molecule has 0 aliphatic rings. The van der Waals surface area contributed by atoms with Crippen LogP contribution in [0.4, 0.5) is 0 Å². The largest absolute Gasteiger partial charge is 0.462 e. The molecule has 1 unspecified atom stereocenters. The van der Waals surface area contributed by atoms with Crippen molar-refractivity contribution in [3.05, 3.63) is 48.6 Å². The molecule has 0 radical (unpaired) electrons. The molecule has 0 heterocycles. The van der Waals surface area contributed by atoms with E-state index < -0.39 is 6.10 Å². The van der Waals surface area contributed by atoms with Crippen LogP contribution >= 0.6 is 0 Å².